The first-order valence-electron chi connectivity index (χ1n) is 11.2. The molecule has 0 saturated heterocycles. The Morgan fingerprint density at radius 3 is 2.03 bits per heavy atom. The highest BCUT2D eigenvalue weighted by Crippen LogP contribution is 2.27. The van der Waals surface area contributed by atoms with Gasteiger partial charge in [0.25, 0.3) is 0 Å². The highest BCUT2D eigenvalue weighted by molar-refractivity contribution is 7.58. The fourth-order valence-electron chi connectivity index (χ4n) is 3.54. The smallest absolute Gasteiger partial charge is 0.186 e. The van der Waals surface area contributed by atoms with Crippen molar-refractivity contribution in [3.8, 4) is 11.5 Å². The zero-order chi connectivity index (χ0) is 21.9. The van der Waals surface area contributed by atoms with Crippen molar-refractivity contribution in [3.05, 3.63) is 52.6 Å². The van der Waals surface area contributed by atoms with Crippen molar-refractivity contribution in [1.29, 1.82) is 0 Å². The molecule has 2 aromatic carbocycles. The lowest BCUT2D eigenvalue weighted by atomic mass is 10.0. The number of aryl methyl sites for hydroxylation is 3. The summed E-state index contributed by atoms with van der Waals surface area (Å²) in [5.74, 6) is 3.35. The second kappa shape index (κ2) is 12.8. The lowest BCUT2D eigenvalue weighted by Gasteiger charge is -2.13. The largest absolute Gasteiger partial charge is 0.626 e. The maximum atomic E-state index is 13.3. The zero-order valence-electron chi connectivity index (χ0n) is 19.3. The molecule has 30 heavy (non-hydrogen) atoms. The molecule has 0 bridgehead atoms. The van der Waals surface area contributed by atoms with Crippen molar-refractivity contribution >= 4 is 18.9 Å². The number of hydrogen-bond acceptors (Lipinski definition) is 3. The first kappa shape index (κ1) is 24.4. The van der Waals surface area contributed by atoms with Crippen LogP contribution < -0.4 is 19.7 Å². The van der Waals surface area contributed by atoms with Gasteiger partial charge in [0.05, 0.1) is 21.0 Å². The highest BCUT2D eigenvalue weighted by atomic mass is 31.1. The van der Waals surface area contributed by atoms with Crippen molar-refractivity contribution in [2.75, 3.05) is 13.2 Å². The van der Waals surface area contributed by atoms with E-state index in [0.29, 0.717) is 19.0 Å². The lowest BCUT2D eigenvalue weighted by molar-refractivity contribution is -0.149. The van der Waals surface area contributed by atoms with Gasteiger partial charge in [0.2, 0.25) is 0 Å². The average molecular weight is 429 g/mol. The van der Waals surface area contributed by atoms with E-state index in [1.165, 1.54) is 12.0 Å². The normalized spacial score (nSPS) is 11.6. The van der Waals surface area contributed by atoms with Crippen LogP contribution in [0.5, 0.6) is 11.5 Å². The number of unbranched alkanes of at least 4 members (excludes halogenated alkanes) is 4. The number of rotatable bonds is 12. The predicted molar refractivity (Wildman–Crippen MR) is 129 cm³/mol. The lowest BCUT2D eigenvalue weighted by Crippen LogP contribution is -2.13. The van der Waals surface area contributed by atoms with E-state index < -0.39 is 7.77 Å². The minimum Gasteiger partial charge on any atom is -0.626 e. The molecule has 0 aliphatic rings. The number of benzene rings is 2. The first-order valence-corrected chi connectivity index (χ1v) is 12.6. The van der Waals surface area contributed by atoms with Crippen molar-refractivity contribution in [2.24, 2.45) is 0 Å². The summed E-state index contributed by atoms with van der Waals surface area (Å²) in [6.45, 7) is 11.9. The molecule has 3 nitrogen and oxygen atoms in total. The maximum absolute atomic E-state index is 13.3. The van der Waals surface area contributed by atoms with Crippen LogP contribution in [0.15, 0.2) is 30.3 Å². The van der Waals surface area contributed by atoms with Gasteiger partial charge in [-0.3, -0.25) is 0 Å². The molecule has 2 rings (SSSR count). The Bertz CT molecular complexity index is 819. The fraction of sp³-hybridized carbons (Fsp3) is 0.500. The van der Waals surface area contributed by atoms with Crippen LogP contribution in [0.2, 0.25) is 0 Å². The molecule has 1 unspecified atom stereocenters. The molecular formula is C26H37O3P. The van der Waals surface area contributed by atoms with Crippen LogP contribution in [0.25, 0.3) is 0 Å². The van der Waals surface area contributed by atoms with Gasteiger partial charge in [0, 0.05) is 11.6 Å². The molecular weight excluding hydrogens is 391 g/mol. The van der Waals surface area contributed by atoms with Gasteiger partial charge in [0.15, 0.2) is 11.1 Å². The van der Waals surface area contributed by atoms with Crippen LogP contribution in [0.1, 0.15) is 74.6 Å². The summed E-state index contributed by atoms with van der Waals surface area (Å²) in [4.78, 5) is 13.3. The quantitative estimate of drug-likeness (QED) is 0.308. The van der Waals surface area contributed by atoms with Gasteiger partial charge in [0.1, 0.15) is 11.5 Å². The molecule has 0 aliphatic carbocycles. The van der Waals surface area contributed by atoms with Gasteiger partial charge >= 0.3 is 0 Å². The Balaban J connectivity index is 2.29. The molecule has 0 fully saturated rings. The van der Waals surface area contributed by atoms with E-state index >= 15 is 0 Å². The Labute approximate surface area is 183 Å². The van der Waals surface area contributed by atoms with Gasteiger partial charge < -0.3 is 14.4 Å². The summed E-state index contributed by atoms with van der Waals surface area (Å²) in [6.07, 6.45) is 6.64. The molecule has 0 saturated carbocycles. The van der Waals surface area contributed by atoms with Crippen LogP contribution >= 0.6 is 7.77 Å². The summed E-state index contributed by atoms with van der Waals surface area (Å²) in [6, 6.07) is 9.99. The van der Waals surface area contributed by atoms with Gasteiger partial charge in [-0.25, -0.2) is 0 Å². The maximum Gasteiger partial charge on any atom is 0.186 e. The molecule has 4 heteroatoms. The predicted octanol–water partition coefficient (Wildman–Crippen LogP) is 5.98. The molecule has 164 valence electrons. The van der Waals surface area contributed by atoms with Crippen LogP contribution in [0.4, 0.5) is 0 Å². The standard InChI is InChI=1S/C26H37O3P/c1-6-8-10-14-28-23-12-13-26(25(18-23)29-15-11-9-7-2)30(27)19-24-21(4)16-20(3)17-22(24)5/h12-13,16-19H,6-11,14-15H2,1-5H3. The van der Waals surface area contributed by atoms with Crippen molar-refractivity contribution in [3.63, 3.8) is 0 Å². The SMILES string of the molecule is CCCCCOc1ccc([P+]([O-])=Cc2c(C)cc(C)cc2C)c(OCCCCC)c1. The summed E-state index contributed by atoms with van der Waals surface area (Å²) >= 11 is 0. The Hall–Kier alpha value is -1.83. The van der Waals surface area contributed by atoms with E-state index in [4.69, 9.17) is 9.47 Å². The van der Waals surface area contributed by atoms with Gasteiger partial charge in [-0.15, -0.1) is 0 Å². The number of hydrogen-bond donors (Lipinski definition) is 0. The molecule has 0 aromatic heterocycles. The van der Waals surface area contributed by atoms with E-state index in [9.17, 15) is 4.89 Å². The molecule has 0 N–H and O–H groups in total. The molecule has 2 aromatic rings. The average Bonchev–Trinajstić information content (AvgIpc) is 2.71. The van der Waals surface area contributed by atoms with Gasteiger partial charge in [-0.05, 0) is 56.9 Å². The van der Waals surface area contributed by atoms with Crippen LogP contribution in [-0.2, 0) is 0 Å². The van der Waals surface area contributed by atoms with Crippen LogP contribution in [-0.4, -0.2) is 19.0 Å². The minimum absolute atomic E-state index is 0.631. The summed E-state index contributed by atoms with van der Waals surface area (Å²) in [5, 5.41) is 0.738. The van der Waals surface area contributed by atoms with E-state index in [1.807, 2.05) is 24.0 Å². The first-order chi connectivity index (χ1) is 14.5. The van der Waals surface area contributed by atoms with E-state index in [-0.39, 0.29) is 0 Å². The summed E-state index contributed by atoms with van der Waals surface area (Å²) < 4.78 is 12.0. The third kappa shape index (κ3) is 7.45. The number of ether oxygens (including phenoxy) is 2. The van der Waals surface area contributed by atoms with Crippen LogP contribution in [0.3, 0.4) is 0 Å². The van der Waals surface area contributed by atoms with E-state index in [2.05, 4.69) is 46.8 Å². The molecule has 1 atom stereocenters. The van der Waals surface area contributed by atoms with Crippen molar-refractivity contribution < 1.29 is 14.4 Å². The second-order valence-electron chi connectivity index (χ2n) is 8.01. The summed E-state index contributed by atoms with van der Waals surface area (Å²) in [7, 11) is -1.73. The topological polar surface area (TPSA) is 41.5 Å². The van der Waals surface area contributed by atoms with Crippen LogP contribution in [0, 0.1) is 20.8 Å². The molecule has 0 amide bonds. The Morgan fingerprint density at radius 2 is 1.43 bits per heavy atom. The molecule has 0 aliphatic heterocycles. The van der Waals surface area contributed by atoms with Gasteiger partial charge in [-0.1, -0.05) is 57.2 Å². The Kier molecular flexibility index (Phi) is 10.4. The molecule has 0 heterocycles. The monoisotopic (exact) mass is 428 g/mol. The molecule has 0 radical (unpaired) electrons. The third-order valence-corrected chi connectivity index (χ3v) is 6.51. The summed E-state index contributed by atoms with van der Waals surface area (Å²) in [5.41, 5.74) is 4.58. The fourth-order valence-corrected chi connectivity index (χ4v) is 4.89. The zero-order valence-corrected chi connectivity index (χ0v) is 20.2. The van der Waals surface area contributed by atoms with Crippen molar-refractivity contribution in [1.82, 2.24) is 0 Å². The van der Waals surface area contributed by atoms with E-state index in [1.54, 1.807) is 0 Å². The third-order valence-electron chi connectivity index (χ3n) is 5.18. The highest BCUT2D eigenvalue weighted by Gasteiger charge is 2.16. The Morgan fingerprint density at radius 1 is 0.833 bits per heavy atom. The van der Waals surface area contributed by atoms with E-state index in [0.717, 1.165) is 59.8 Å². The molecule has 0 spiro atoms. The second-order valence-corrected chi connectivity index (χ2v) is 9.40. The van der Waals surface area contributed by atoms with Gasteiger partial charge in [-0.2, -0.15) is 0 Å². The van der Waals surface area contributed by atoms with Crippen molar-refractivity contribution in [2.45, 2.75) is 73.1 Å². The minimum atomic E-state index is -1.73.